The third-order valence-corrected chi connectivity index (χ3v) is 5.88. The number of benzene rings is 1. The second-order valence-corrected chi connectivity index (χ2v) is 7.18. The molecular weight excluding hydrogens is 262 g/mol. The van der Waals surface area contributed by atoms with Crippen LogP contribution in [0.2, 0.25) is 0 Å². The number of piperidine rings is 1. The normalized spacial score (nSPS) is 37.2. The lowest BCUT2D eigenvalue weighted by Gasteiger charge is -2.54. The standard InChI is InChI=1S/C18H27NO2/c1-17(21)16-9-5-6-10-18(17,14-20)13-19(12-16)11-15-7-3-2-4-8-15/h2-4,7-8,16,20-21H,5-6,9-14H2,1H3. The number of aliphatic hydroxyl groups is 2. The van der Waals surface area contributed by atoms with E-state index in [0.29, 0.717) is 0 Å². The van der Waals surface area contributed by atoms with E-state index in [1.165, 1.54) is 12.0 Å². The van der Waals surface area contributed by atoms with Crippen molar-refractivity contribution in [2.75, 3.05) is 19.7 Å². The predicted octanol–water partition coefficient (Wildman–Crippen LogP) is 2.42. The van der Waals surface area contributed by atoms with Gasteiger partial charge in [-0.05, 0) is 25.3 Å². The minimum atomic E-state index is -0.745. The van der Waals surface area contributed by atoms with E-state index < -0.39 is 5.60 Å². The zero-order valence-corrected chi connectivity index (χ0v) is 13.0. The van der Waals surface area contributed by atoms with E-state index in [4.69, 9.17) is 0 Å². The fraction of sp³-hybridized carbons (Fsp3) is 0.667. The molecule has 1 heterocycles. The number of rotatable bonds is 3. The van der Waals surface area contributed by atoms with Crippen LogP contribution < -0.4 is 0 Å². The van der Waals surface area contributed by atoms with E-state index in [1.54, 1.807) is 0 Å². The predicted molar refractivity (Wildman–Crippen MR) is 83.8 cm³/mol. The van der Waals surface area contributed by atoms with Crippen molar-refractivity contribution in [3.63, 3.8) is 0 Å². The Morgan fingerprint density at radius 1 is 1.24 bits per heavy atom. The van der Waals surface area contributed by atoms with Gasteiger partial charge < -0.3 is 10.2 Å². The molecule has 3 unspecified atom stereocenters. The summed E-state index contributed by atoms with van der Waals surface area (Å²) in [5.74, 6) is 0.268. The third kappa shape index (κ3) is 2.63. The molecule has 1 saturated carbocycles. The van der Waals surface area contributed by atoms with Gasteiger partial charge in [0, 0.05) is 31.0 Å². The minimum Gasteiger partial charge on any atom is -0.396 e. The maximum Gasteiger partial charge on any atom is 0.0750 e. The molecule has 1 aliphatic carbocycles. The van der Waals surface area contributed by atoms with Crippen molar-refractivity contribution in [3.8, 4) is 0 Å². The fourth-order valence-electron chi connectivity index (χ4n) is 4.38. The van der Waals surface area contributed by atoms with Crippen molar-refractivity contribution >= 4 is 0 Å². The molecule has 3 heteroatoms. The monoisotopic (exact) mass is 289 g/mol. The van der Waals surface area contributed by atoms with Crippen molar-refractivity contribution in [3.05, 3.63) is 35.9 Å². The Hall–Kier alpha value is -0.900. The summed E-state index contributed by atoms with van der Waals surface area (Å²) in [5, 5.41) is 21.1. The highest BCUT2D eigenvalue weighted by Gasteiger charge is 2.55. The van der Waals surface area contributed by atoms with Crippen LogP contribution in [0.4, 0.5) is 0 Å². The Morgan fingerprint density at radius 3 is 2.71 bits per heavy atom. The summed E-state index contributed by atoms with van der Waals surface area (Å²) in [6.45, 7) is 4.68. The van der Waals surface area contributed by atoms with Gasteiger partial charge in [-0.3, -0.25) is 4.90 Å². The number of hydrogen-bond donors (Lipinski definition) is 2. The first kappa shape index (κ1) is 15.0. The van der Waals surface area contributed by atoms with Crippen LogP contribution in [-0.2, 0) is 6.54 Å². The second kappa shape index (κ2) is 5.71. The van der Waals surface area contributed by atoms with E-state index in [1.807, 2.05) is 13.0 Å². The maximum absolute atomic E-state index is 11.1. The van der Waals surface area contributed by atoms with Gasteiger partial charge in [-0.1, -0.05) is 43.2 Å². The molecule has 0 radical (unpaired) electrons. The molecule has 1 aromatic carbocycles. The molecule has 1 saturated heterocycles. The first-order valence-corrected chi connectivity index (χ1v) is 8.17. The average molecular weight is 289 g/mol. The molecule has 0 spiro atoms. The molecule has 2 bridgehead atoms. The highest BCUT2D eigenvalue weighted by atomic mass is 16.3. The maximum atomic E-state index is 11.1. The highest BCUT2D eigenvalue weighted by Crippen LogP contribution is 2.49. The molecule has 116 valence electrons. The Balaban J connectivity index is 1.84. The zero-order valence-electron chi connectivity index (χ0n) is 13.0. The molecule has 3 atom stereocenters. The number of hydrogen-bond acceptors (Lipinski definition) is 3. The van der Waals surface area contributed by atoms with Crippen LogP contribution in [0.1, 0.15) is 38.2 Å². The first-order valence-electron chi connectivity index (χ1n) is 8.17. The van der Waals surface area contributed by atoms with Crippen molar-refractivity contribution in [2.24, 2.45) is 11.3 Å². The largest absolute Gasteiger partial charge is 0.396 e. The van der Waals surface area contributed by atoms with Gasteiger partial charge in [0.2, 0.25) is 0 Å². The van der Waals surface area contributed by atoms with Gasteiger partial charge in [-0.25, -0.2) is 0 Å². The Kier molecular flexibility index (Phi) is 4.08. The van der Waals surface area contributed by atoms with Gasteiger partial charge in [0.05, 0.1) is 12.2 Å². The summed E-state index contributed by atoms with van der Waals surface area (Å²) < 4.78 is 0. The fourth-order valence-corrected chi connectivity index (χ4v) is 4.38. The lowest BCUT2D eigenvalue weighted by molar-refractivity contribution is -0.177. The lowest BCUT2D eigenvalue weighted by Crippen LogP contribution is -2.64. The number of aliphatic hydroxyl groups excluding tert-OH is 1. The van der Waals surface area contributed by atoms with Crippen LogP contribution in [0.15, 0.2) is 30.3 Å². The lowest BCUT2D eigenvalue weighted by atomic mass is 9.63. The minimum absolute atomic E-state index is 0.0851. The van der Waals surface area contributed by atoms with Crippen molar-refractivity contribution < 1.29 is 10.2 Å². The van der Waals surface area contributed by atoms with Gasteiger partial charge in [-0.15, -0.1) is 0 Å². The molecule has 21 heavy (non-hydrogen) atoms. The molecule has 1 aromatic rings. The van der Waals surface area contributed by atoms with Gasteiger partial charge in [0.25, 0.3) is 0 Å². The van der Waals surface area contributed by atoms with Crippen LogP contribution in [0.5, 0.6) is 0 Å². The summed E-state index contributed by atoms with van der Waals surface area (Å²) in [4.78, 5) is 2.43. The first-order chi connectivity index (χ1) is 10.1. The Labute approximate surface area is 127 Å². The summed E-state index contributed by atoms with van der Waals surface area (Å²) in [7, 11) is 0. The molecule has 1 aliphatic heterocycles. The van der Waals surface area contributed by atoms with Crippen molar-refractivity contribution in [1.29, 1.82) is 0 Å². The highest BCUT2D eigenvalue weighted by molar-refractivity contribution is 5.16. The van der Waals surface area contributed by atoms with Crippen LogP contribution >= 0.6 is 0 Å². The smallest absolute Gasteiger partial charge is 0.0750 e. The Bertz CT molecular complexity index is 473. The number of fused-ring (bicyclic) bond motifs is 2. The summed E-state index contributed by atoms with van der Waals surface area (Å²) >= 11 is 0. The molecule has 3 nitrogen and oxygen atoms in total. The van der Waals surface area contributed by atoms with Crippen LogP contribution in [-0.4, -0.2) is 40.4 Å². The molecule has 3 rings (SSSR count). The van der Waals surface area contributed by atoms with Gasteiger partial charge in [-0.2, -0.15) is 0 Å². The second-order valence-electron chi connectivity index (χ2n) is 7.18. The average Bonchev–Trinajstić information content (AvgIpc) is 2.55. The van der Waals surface area contributed by atoms with Crippen molar-refractivity contribution in [2.45, 2.75) is 44.8 Å². The molecule has 2 N–H and O–H groups in total. The SMILES string of the molecule is CC1(O)C2CCCCC1(CO)CN(Cc1ccccc1)C2. The summed E-state index contributed by atoms with van der Waals surface area (Å²) in [5.41, 5.74) is 0.205. The van der Waals surface area contributed by atoms with Crippen LogP contribution in [0.3, 0.4) is 0 Å². The van der Waals surface area contributed by atoms with Crippen LogP contribution in [0.25, 0.3) is 0 Å². The van der Waals surface area contributed by atoms with E-state index >= 15 is 0 Å². The van der Waals surface area contributed by atoms with Gasteiger partial charge in [0.15, 0.2) is 0 Å². The van der Waals surface area contributed by atoms with Gasteiger partial charge >= 0.3 is 0 Å². The topological polar surface area (TPSA) is 43.7 Å². The van der Waals surface area contributed by atoms with Crippen molar-refractivity contribution in [1.82, 2.24) is 4.90 Å². The summed E-state index contributed by atoms with van der Waals surface area (Å²) in [6, 6.07) is 10.5. The molecule has 2 aliphatic rings. The molecular formula is C18H27NO2. The number of likely N-dealkylation sites (tertiary alicyclic amines) is 1. The van der Waals surface area contributed by atoms with E-state index in [2.05, 4.69) is 29.2 Å². The van der Waals surface area contributed by atoms with E-state index in [9.17, 15) is 10.2 Å². The molecule has 0 amide bonds. The zero-order chi connectivity index (χ0) is 14.9. The number of nitrogens with zero attached hydrogens (tertiary/aromatic N) is 1. The summed E-state index contributed by atoms with van der Waals surface area (Å²) in [6.07, 6.45) is 4.28. The van der Waals surface area contributed by atoms with Crippen LogP contribution in [0, 0.1) is 11.3 Å². The quantitative estimate of drug-likeness (QED) is 0.898. The van der Waals surface area contributed by atoms with E-state index in [0.717, 1.165) is 38.9 Å². The molecule has 0 aromatic heterocycles. The van der Waals surface area contributed by atoms with E-state index in [-0.39, 0.29) is 17.9 Å². The Morgan fingerprint density at radius 2 is 2.00 bits per heavy atom. The third-order valence-electron chi connectivity index (χ3n) is 5.88. The molecule has 2 fully saturated rings. The van der Waals surface area contributed by atoms with Gasteiger partial charge in [0.1, 0.15) is 0 Å².